The molecule has 172 valence electrons. The summed E-state index contributed by atoms with van der Waals surface area (Å²) in [6.07, 6.45) is -1.26. The minimum absolute atomic E-state index is 0.00115. The van der Waals surface area contributed by atoms with E-state index in [1.807, 2.05) is 0 Å². The van der Waals surface area contributed by atoms with Gasteiger partial charge in [-0.15, -0.1) is 11.3 Å². The first-order chi connectivity index (χ1) is 14.5. The zero-order chi connectivity index (χ0) is 22.7. The summed E-state index contributed by atoms with van der Waals surface area (Å²) in [6.45, 7) is 0.622. The molecule has 10 heteroatoms. The van der Waals surface area contributed by atoms with Crippen LogP contribution in [0.25, 0.3) is 0 Å². The second-order valence-corrected chi connectivity index (χ2v) is 9.59. The summed E-state index contributed by atoms with van der Waals surface area (Å²) in [5.41, 5.74) is -0.366. The zero-order valence-electron chi connectivity index (χ0n) is 17.4. The average molecular weight is 462 g/mol. The van der Waals surface area contributed by atoms with E-state index in [0.29, 0.717) is 25.7 Å². The molecule has 0 unspecified atom stereocenters. The number of rotatable bonds is 11. The summed E-state index contributed by atoms with van der Waals surface area (Å²) >= 11 is 0.999. The van der Waals surface area contributed by atoms with E-state index in [9.17, 15) is 27.6 Å². The van der Waals surface area contributed by atoms with Gasteiger partial charge in [-0.3, -0.25) is 10.1 Å². The number of halogens is 4. The summed E-state index contributed by atoms with van der Waals surface area (Å²) in [4.78, 5) is 12.8. The SMILES string of the molecule is Cc1csc(OC(F)(F)CN[C@@H](CC(F)(F)CC2CC2)C(=O)NC2(C#N)CCCC2)c1. The number of hydrogen-bond donors (Lipinski definition) is 2. The Morgan fingerprint density at radius 1 is 1.35 bits per heavy atom. The van der Waals surface area contributed by atoms with E-state index in [-0.39, 0.29) is 17.4 Å². The van der Waals surface area contributed by atoms with E-state index < -0.39 is 42.5 Å². The fourth-order valence-corrected chi connectivity index (χ4v) is 4.63. The number of ether oxygens (including phenoxy) is 1. The van der Waals surface area contributed by atoms with Crippen molar-refractivity contribution in [1.82, 2.24) is 10.6 Å². The molecule has 1 atom stereocenters. The van der Waals surface area contributed by atoms with Crippen LogP contribution in [0.2, 0.25) is 0 Å². The molecule has 2 fully saturated rings. The smallest absolute Gasteiger partial charge is 0.411 e. The van der Waals surface area contributed by atoms with Crippen LogP contribution in [0.3, 0.4) is 0 Å². The molecule has 0 aromatic carbocycles. The van der Waals surface area contributed by atoms with Crippen molar-refractivity contribution in [1.29, 1.82) is 5.26 Å². The lowest BCUT2D eigenvalue weighted by Gasteiger charge is -2.29. The van der Waals surface area contributed by atoms with Gasteiger partial charge in [0.2, 0.25) is 11.8 Å². The molecule has 3 rings (SSSR count). The van der Waals surface area contributed by atoms with Gasteiger partial charge in [0.05, 0.1) is 12.1 Å². The molecule has 2 N–H and O–H groups in total. The number of nitrogens with zero attached hydrogens (tertiary/aromatic N) is 1. The lowest BCUT2D eigenvalue weighted by Crippen LogP contribution is -2.56. The van der Waals surface area contributed by atoms with Crippen molar-refractivity contribution in [2.75, 3.05) is 6.54 Å². The van der Waals surface area contributed by atoms with Crippen molar-refractivity contribution in [2.45, 2.75) is 81.9 Å². The number of carbonyl (C=O) groups excluding carboxylic acids is 1. The van der Waals surface area contributed by atoms with E-state index in [1.165, 1.54) is 6.07 Å². The molecule has 0 spiro atoms. The Hall–Kier alpha value is -1.86. The van der Waals surface area contributed by atoms with Crippen molar-refractivity contribution in [3.05, 3.63) is 17.0 Å². The Labute approximate surface area is 183 Å². The summed E-state index contributed by atoms with van der Waals surface area (Å²) in [5.74, 6) is -4.13. The highest BCUT2D eigenvalue weighted by molar-refractivity contribution is 7.12. The molecule has 2 aliphatic rings. The molecule has 2 aliphatic carbocycles. The third-order valence-electron chi connectivity index (χ3n) is 5.65. The van der Waals surface area contributed by atoms with Crippen molar-refractivity contribution in [3.63, 3.8) is 0 Å². The number of thiophene rings is 1. The van der Waals surface area contributed by atoms with E-state index >= 15 is 0 Å². The summed E-state index contributed by atoms with van der Waals surface area (Å²) in [5, 5.41) is 15.9. The van der Waals surface area contributed by atoms with Crippen LogP contribution in [-0.2, 0) is 4.79 Å². The van der Waals surface area contributed by atoms with Crippen LogP contribution in [-0.4, -0.2) is 36.1 Å². The first kappa shape index (κ1) is 23.8. The standard InChI is InChI=1S/C21H27F4N3O2S/c1-14-8-17(31-11-14)30-21(24,25)13-27-16(10-20(22,23)9-15-4-5-15)18(29)28-19(12-26)6-2-3-7-19/h8,11,15-16,27H,2-7,9-10,13H2,1H3,(H,28,29)/t16-/m0/s1. The minimum atomic E-state index is -3.69. The lowest BCUT2D eigenvalue weighted by molar-refractivity contribution is -0.172. The van der Waals surface area contributed by atoms with Crippen LogP contribution in [0.15, 0.2) is 11.4 Å². The van der Waals surface area contributed by atoms with Gasteiger partial charge in [0, 0.05) is 12.8 Å². The van der Waals surface area contributed by atoms with Gasteiger partial charge < -0.3 is 10.1 Å². The molecule has 2 saturated carbocycles. The number of alkyl halides is 4. The molecular weight excluding hydrogens is 434 g/mol. The number of nitriles is 1. The van der Waals surface area contributed by atoms with Crippen LogP contribution >= 0.6 is 11.3 Å². The Bertz CT molecular complexity index is 814. The molecule has 1 aromatic heterocycles. The maximum absolute atomic E-state index is 14.5. The number of hydrogen-bond acceptors (Lipinski definition) is 5. The van der Waals surface area contributed by atoms with Crippen molar-refractivity contribution in [3.8, 4) is 11.1 Å². The maximum atomic E-state index is 14.5. The molecular formula is C21H27F4N3O2S. The Balaban J connectivity index is 1.66. The van der Waals surface area contributed by atoms with Gasteiger partial charge in [0.25, 0.3) is 0 Å². The van der Waals surface area contributed by atoms with E-state index in [4.69, 9.17) is 0 Å². The third-order valence-corrected chi connectivity index (χ3v) is 6.57. The highest BCUT2D eigenvalue weighted by atomic mass is 32.1. The Kier molecular flexibility index (Phi) is 7.16. The first-order valence-electron chi connectivity index (χ1n) is 10.5. The summed E-state index contributed by atoms with van der Waals surface area (Å²) in [7, 11) is 0. The van der Waals surface area contributed by atoms with Crippen LogP contribution < -0.4 is 15.4 Å². The van der Waals surface area contributed by atoms with E-state index in [1.54, 1.807) is 12.3 Å². The molecule has 5 nitrogen and oxygen atoms in total. The highest BCUT2D eigenvalue weighted by Crippen LogP contribution is 2.41. The topological polar surface area (TPSA) is 74.2 Å². The fraction of sp³-hybridized carbons (Fsp3) is 0.714. The van der Waals surface area contributed by atoms with Gasteiger partial charge in [0.1, 0.15) is 12.1 Å². The lowest BCUT2D eigenvalue weighted by atomic mass is 9.97. The molecule has 0 aliphatic heterocycles. The summed E-state index contributed by atoms with van der Waals surface area (Å²) < 4.78 is 62.2. The molecule has 1 aromatic rings. The predicted molar refractivity (Wildman–Crippen MR) is 108 cm³/mol. The number of nitrogens with one attached hydrogen (secondary N) is 2. The predicted octanol–water partition coefficient (Wildman–Crippen LogP) is 4.76. The quantitative estimate of drug-likeness (QED) is 0.466. The van der Waals surface area contributed by atoms with Crippen molar-refractivity contribution in [2.24, 2.45) is 5.92 Å². The van der Waals surface area contributed by atoms with E-state index in [0.717, 1.165) is 29.7 Å². The largest absolute Gasteiger partial charge is 0.422 e. The zero-order valence-corrected chi connectivity index (χ0v) is 18.2. The Morgan fingerprint density at radius 3 is 2.58 bits per heavy atom. The third kappa shape index (κ3) is 7.07. The number of amides is 1. The maximum Gasteiger partial charge on any atom is 0.411 e. The molecule has 0 radical (unpaired) electrons. The minimum Gasteiger partial charge on any atom is -0.422 e. The Morgan fingerprint density at radius 2 is 2.03 bits per heavy atom. The number of aryl methyl sites for hydroxylation is 1. The normalized spacial score (nSPS) is 19.6. The fourth-order valence-electron chi connectivity index (χ4n) is 3.83. The van der Waals surface area contributed by atoms with Crippen molar-refractivity contribution >= 4 is 17.2 Å². The average Bonchev–Trinajstić information content (AvgIpc) is 3.19. The molecule has 0 saturated heterocycles. The molecule has 1 heterocycles. The van der Waals surface area contributed by atoms with Gasteiger partial charge in [0.15, 0.2) is 5.06 Å². The monoisotopic (exact) mass is 461 g/mol. The van der Waals surface area contributed by atoms with Gasteiger partial charge in [-0.1, -0.05) is 0 Å². The molecule has 1 amide bonds. The van der Waals surface area contributed by atoms with Gasteiger partial charge >= 0.3 is 6.11 Å². The highest BCUT2D eigenvalue weighted by Gasteiger charge is 2.44. The van der Waals surface area contributed by atoms with Crippen LogP contribution in [0.4, 0.5) is 17.6 Å². The second kappa shape index (κ2) is 9.33. The van der Waals surface area contributed by atoms with Crippen molar-refractivity contribution < 1.29 is 27.1 Å². The van der Waals surface area contributed by atoms with Crippen LogP contribution in [0, 0.1) is 24.2 Å². The molecule has 0 bridgehead atoms. The number of carbonyl (C=O) groups is 1. The van der Waals surface area contributed by atoms with E-state index in [2.05, 4.69) is 21.4 Å². The molecule has 31 heavy (non-hydrogen) atoms. The first-order valence-corrected chi connectivity index (χ1v) is 11.4. The summed E-state index contributed by atoms with van der Waals surface area (Å²) in [6, 6.07) is 1.93. The van der Waals surface area contributed by atoms with Gasteiger partial charge in [-0.2, -0.15) is 14.0 Å². The van der Waals surface area contributed by atoms with Crippen LogP contribution in [0.5, 0.6) is 5.06 Å². The van der Waals surface area contributed by atoms with Gasteiger partial charge in [-0.05, 0) is 68.4 Å². The van der Waals surface area contributed by atoms with Crippen LogP contribution in [0.1, 0.15) is 56.9 Å². The van der Waals surface area contributed by atoms with Gasteiger partial charge in [-0.25, -0.2) is 8.78 Å². The second-order valence-electron chi connectivity index (χ2n) is 8.71.